The standard InChI is InChI=1S/C9H17Cl2N/c1-7(2)9(5-11)12-6-8(3)4-10/h4,7,9,12H,5-6H2,1-3H3. The average molecular weight is 210 g/mol. The van der Waals surface area contributed by atoms with Gasteiger partial charge in [0.15, 0.2) is 0 Å². The van der Waals surface area contributed by atoms with Crippen LogP contribution in [0.1, 0.15) is 20.8 Å². The van der Waals surface area contributed by atoms with Crippen LogP contribution in [-0.2, 0) is 0 Å². The van der Waals surface area contributed by atoms with E-state index in [9.17, 15) is 0 Å². The molecule has 0 aliphatic carbocycles. The van der Waals surface area contributed by atoms with Gasteiger partial charge in [-0.25, -0.2) is 0 Å². The lowest BCUT2D eigenvalue weighted by molar-refractivity contribution is 0.445. The van der Waals surface area contributed by atoms with Crippen molar-refractivity contribution in [3.05, 3.63) is 11.1 Å². The Balaban J connectivity index is 3.73. The van der Waals surface area contributed by atoms with Gasteiger partial charge in [0.05, 0.1) is 0 Å². The molecular weight excluding hydrogens is 193 g/mol. The van der Waals surface area contributed by atoms with Crippen molar-refractivity contribution < 1.29 is 0 Å². The topological polar surface area (TPSA) is 12.0 Å². The van der Waals surface area contributed by atoms with Crippen LogP contribution < -0.4 is 5.32 Å². The molecule has 0 bridgehead atoms. The molecule has 0 saturated heterocycles. The number of hydrogen-bond acceptors (Lipinski definition) is 1. The fourth-order valence-corrected chi connectivity index (χ4v) is 1.34. The highest BCUT2D eigenvalue weighted by molar-refractivity contribution is 6.25. The monoisotopic (exact) mass is 209 g/mol. The molecule has 0 aromatic rings. The van der Waals surface area contributed by atoms with Crippen LogP contribution in [0.15, 0.2) is 11.1 Å². The lowest BCUT2D eigenvalue weighted by Crippen LogP contribution is -2.36. The van der Waals surface area contributed by atoms with Crippen LogP contribution in [0.5, 0.6) is 0 Å². The number of nitrogens with one attached hydrogen (secondary N) is 1. The van der Waals surface area contributed by atoms with Gasteiger partial charge in [0, 0.05) is 24.0 Å². The molecule has 0 amide bonds. The fourth-order valence-electron chi connectivity index (χ4n) is 0.799. The smallest absolute Gasteiger partial charge is 0.0380 e. The quantitative estimate of drug-likeness (QED) is 0.688. The molecule has 12 heavy (non-hydrogen) atoms. The first kappa shape index (κ1) is 12.3. The predicted octanol–water partition coefficient (Wildman–Crippen LogP) is 2.98. The molecule has 1 nitrogen and oxygen atoms in total. The molecule has 1 atom stereocenters. The van der Waals surface area contributed by atoms with Gasteiger partial charge in [0.1, 0.15) is 0 Å². The second-order valence-electron chi connectivity index (χ2n) is 3.34. The first-order valence-electron chi connectivity index (χ1n) is 4.17. The summed E-state index contributed by atoms with van der Waals surface area (Å²) in [5, 5.41) is 3.33. The van der Waals surface area contributed by atoms with E-state index >= 15 is 0 Å². The maximum Gasteiger partial charge on any atom is 0.0380 e. The minimum absolute atomic E-state index is 0.373. The van der Waals surface area contributed by atoms with Crippen LogP contribution in [-0.4, -0.2) is 18.5 Å². The van der Waals surface area contributed by atoms with Crippen LogP contribution >= 0.6 is 23.2 Å². The van der Waals surface area contributed by atoms with Gasteiger partial charge in [-0.1, -0.05) is 25.4 Å². The second-order valence-corrected chi connectivity index (χ2v) is 3.87. The summed E-state index contributed by atoms with van der Waals surface area (Å²) in [6.07, 6.45) is 0. The third-order valence-corrected chi connectivity index (χ3v) is 2.51. The van der Waals surface area contributed by atoms with E-state index in [-0.39, 0.29) is 0 Å². The molecule has 0 spiro atoms. The minimum atomic E-state index is 0.373. The van der Waals surface area contributed by atoms with E-state index < -0.39 is 0 Å². The van der Waals surface area contributed by atoms with Crippen molar-refractivity contribution >= 4 is 23.2 Å². The van der Waals surface area contributed by atoms with E-state index in [0.717, 1.165) is 12.1 Å². The van der Waals surface area contributed by atoms with Gasteiger partial charge in [-0.15, -0.1) is 11.6 Å². The summed E-state index contributed by atoms with van der Waals surface area (Å²) in [6, 6.07) is 0.373. The van der Waals surface area contributed by atoms with Crippen LogP contribution in [0.2, 0.25) is 0 Å². The van der Waals surface area contributed by atoms with E-state index in [4.69, 9.17) is 23.2 Å². The van der Waals surface area contributed by atoms with Crippen molar-refractivity contribution in [2.45, 2.75) is 26.8 Å². The van der Waals surface area contributed by atoms with Crippen molar-refractivity contribution in [3.63, 3.8) is 0 Å². The van der Waals surface area contributed by atoms with Gasteiger partial charge in [-0.2, -0.15) is 0 Å². The SMILES string of the molecule is CC(=CCl)CNC(CCl)C(C)C. The first-order valence-corrected chi connectivity index (χ1v) is 5.14. The lowest BCUT2D eigenvalue weighted by Gasteiger charge is -2.19. The highest BCUT2D eigenvalue weighted by Crippen LogP contribution is 2.04. The minimum Gasteiger partial charge on any atom is -0.309 e. The molecule has 0 heterocycles. The zero-order valence-electron chi connectivity index (χ0n) is 7.90. The Labute approximate surface area is 85.1 Å². The summed E-state index contributed by atoms with van der Waals surface area (Å²) in [4.78, 5) is 0. The average Bonchev–Trinajstić information content (AvgIpc) is 2.04. The summed E-state index contributed by atoms with van der Waals surface area (Å²) in [6.45, 7) is 7.12. The van der Waals surface area contributed by atoms with Crippen molar-refractivity contribution in [3.8, 4) is 0 Å². The van der Waals surface area contributed by atoms with Gasteiger partial charge in [-0.3, -0.25) is 0 Å². The summed E-state index contributed by atoms with van der Waals surface area (Å²) in [5.41, 5.74) is 2.73. The van der Waals surface area contributed by atoms with E-state index in [2.05, 4.69) is 19.2 Å². The molecule has 0 aromatic heterocycles. The van der Waals surface area contributed by atoms with Crippen LogP contribution in [0, 0.1) is 5.92 Å². The Kier molecular flexibility index (Phi) is 6.92. The second kappa shape index (κ2) is 6.76. The largest absolute Gasteiger partial charge is 0.309 e. The third kappa shape index (κ3) is 5.02. The van der Waals surface area contributed by atoms with Gasteiger partial charge in [-0.05, 0) is 18.4 Å². The van der Waals surface area contributed by atoms with Crippen LogP contribution in [0.4, 0.5) is 0 Å². The highest BCUT2D eigenvalue weighted by atomic mass is 35.5. The van der Waals surface area contributed by atoms with E-state index in [1.165, 1.54) is 0 Å². The summed E-state index contributed by atoms with van der Waals surface area (Å²) in [5.74, 6) is 1.21. The Hall–Kier alpha value is 0.280. The molecule has 0 aromatic carbocycles. The molecule has 0 rings (SSSR count). The third-order valence-electron chi connectivity index (χ3n) is 1.80. The summed E-state index contributed by atoms with van der Waals surface area (Å²) < 4.78 is 0. The normalized spacial score (nSPS) is 15.3. The van der Waals surface area contributed by atoms with Gasteiger partial charge in [0.25, 0.3) is 0 Å². The molecular formula is C9H17Cl2N. The Morgan fingerprint density at radius 2 is 2.08 bits per heavy atom. The molecule has 72 valence electrons. The Bertz CT molecular complexity index is 143. The summed E-state index contributed by atoms with van der Waals surface area (Å²) in [7, 11) is 0. The number of hydrogen-bond donors (Lipinski definition) is 1. The summed E-state index contributed by atoms with van der Waals surface area (Å²) >= 11 is 11.3. The molecule has 0 aliphatic heterocycles. The molecule has 1 N–H and O–H groups in total. The van der Waals surface area contributed by atoms with Crippen molar-refractivity contribution in [2.24, 2.45) is 5.92 Å². The molecule has 3 heteroatoms. The predicted molar refractivity (Wildman–Crippen MR) is 57.0 cm³/mol. The van der Waals surface area contributed by atoms with Crippen molar-refractivity contribution in [2.75, 3.05) is 12.4 Å². The molecule has 0 saturated carbocycles. The van der Waals surface area contributed by atoms with Gasteiger partial charge in [0.2, 0.25) is 0 Å². The van der Waals surface area contributed by atoms with Crippen LogP contribution in [0.3, 0.4) is 0 Å². The zero-order chi connectivity index (χ0) is 9.56. The Morgan fingerprint density at radius 3 is 2.42 bits per heavy atom. The highest BCUT2D eigenvalue weighted by Gasteiger charge is 2.10. The van der Waals surface area contributed by atoms with E-state index in [1.807, 2.05) is 6.92 Å². The van der Waals surface area contributed by atoms with Gasteiger partial charge >= 0.3 is 0 Å². The molecule has 0 radical (unpaired) electrons. The number of rotatable bonds is 5. The van der Waals surface area contributed by atoms with E-state index in [1.54, 1.807) is 5.54 Å². The molecule has 1 unspecified atom stereocenters. The maximum absolute atomic E-state index is 5.77. The fraction of sp³-hybridized carbons (Fsp3) is 0.778. The van der Waals surface area contributed by atoms with Crippen molar-refractivity contribution in [1.29, 1.82) is 0 Å². The number of halogens is 2. The molecule has 0 fully saturated rings. The number of alkyl halides is 1. The van der Waals surface area contributed by atoms with Gasteiger partial charge < -0.3 is 5.32 Å². The van der Waals surface area contributed by atoms with Crippen LogP contribution in [0.25, 0.3) is 0 Å². The maximum atomic E-state index is 5.77. The molecule has 0 aliphatic rings. The van der Waals surface area contributed by atoms with E-state index in [0.29, 0.717) is 17.8 Å². The lowest BCUT2D eigenvalue weighted by atomic mass is 10.1. The first-order chi connectivity index (χ1) is 5.61. The zero-order valence-corrected chi connectivity index (χ0v) is 9.41. The van der Waals surface area contributed by atoms with Crippen molar-refractivity contribution in [1.82, 2.24) is 5.32 Å². The Morgan fingerprint density at radius 1 is 1.50 bits per heavy atom.